The second-order valence-corrected chi connectivity index (χ2v) is 5.72. The van der Waals surface area contributed by atoms with E-state index in [2.05, 4.69) is 10.3 Å². The van der Waals surface area contributed by atoms with Gasteiger partial charge >= 0.3 is 0 Å². The minimum Gasteiger partial charge on any atom is -0.356 e. The molecule has 3 nitrogen and oxygen atoms in total. The third-order valence-corrected chi connectivity index (χ3v) is 3.82. The molecule has 0 saturated heterocycles. The first-order valence-corrected chi connectivity index (χ1v) is 7.94. The molecule has 1 amide bonds. The standard InChI is InChI=1S/C15H17ClN2OS/c16-13-5-1-3-12(9-13)4-2-6-15(19)17-8-7-14-10-20-11-18-14/h1,3,5,9-11H,2,4,6-8H2,(H,17,19). The SMILES string of the molecule is O=C(CCCc1cccc(Cl)c1)NCCc1cscn1. The number of hydrogen-bond donors (Lipinski definition) is 1. The maximum atomic E-state index is 11.7. The summed E-state index contributed by atoms with van der Waals surface area (Å²) in [6, 6.07) is 7.77. The van der Waals surface area contributed by atoms with Gasteiger partial charge in [0.25, 0.3) is 0 Å². The maximum Gasteiger partial charge on any atom is 0.220 e. The number of rotatable bonds is 7. The van der Waals surface area contributed by atoms with E-state index in [4.69, 9.17) is 11.6 Å². The molecule has 0 aliphatic carbocycles. The molecule has 0 atom stereocenters. The quantitative estimate of drug-likeness (QED) is 0.851. The van der Waals surface area contributed by atoms with Crippen molar-refractivity contribution in [2.75, 3.05) is 6.54 Å². The van der Waals surface area contributed by atoms with Crippen LogP contribution in [0.3, 0.4) is 0 Å². The summed E-state index contributed by atoms with van der Waals surface area (Å²) < 4.78 is 0. The number of nitrogens with zero attached hydrogens (tertiary/aromatic N) is 1. The van der Waals surface area contributed by atoms with Crippen molar-refractivity contribution in [3.05, 3.63) is 51.4 Å². The lowest BCUT2D eigenvalue weighted by Crippen LogP contribution is -2.25. The monoisotopic (exact) mass is 308 g/mol. The number of carbonyl (C=O) groups is 1. The van der Waals surface area contributed by atoms with Crippen molar-refractivity contribution >= 4 is 28.8 Å². The highest BCUT2D eigenvalue weighted by atomic mass is 35.5. The summed E-state index contributed by atoms with van der Waals surface area (Å²) in [7, 11) is 0. The molecule has 0 aliphatic rings. The molecule has 2 rings (SSSR count). The van der Waals surface area contributed by atoms with Gasteiger partial charge in [-0.3, -0.25) is 4.79 Å². The second kappa shape index (κ2) is 8.02. The van der Waals surface area contributed by atoms with Crippen molar-refractivity contribution in [2.45, 2.75) is 25.7 Å². The van der Waals surface area contributed by atoms with Crippen LogP contribution in [-0.2, 0) is 17.6 Å². The van der Waals surface area contributed by atoms with Crippen molar-refractivity contribution in [3.63, 3.8) is 0 Å². The van der Waals surface area contributed by atoms with Gasteiger partial charge in [0.05, 0.1) is 11.2 Å². The minimum atomic E-state index is 0.0993. The summed E-state index contributed by atoms with van der Waals surface area (Å²) in [6.45, 7) is 0.653. The molecule has 0 fully saturated rings. The van der Waals surface area contributed by atoms with E-state index in [1.165, 1.54) is 5.56 Å². The van der Waals surface area contributed by atoms with Crippen molar-refractivity contribution in [1.29, 1.82) is 0 Å². The Bertz CT molecular complexity index is 543. The number of aryl methyl sites for hydroxylation is 1. The summed E-state index contributed by atoms with van der Waals surface area (Å²) in [5, 5.41) is 5.67. The van der Waals surface area contributed by atoms with Crippen molar-refractivity contribution in [2.24, 2.45) is 0 Å². The Kier molecular flexibility index (Phi) is 6.02. The topological polar surface area (TPSA) is 42.0 Å². The molecule has 5 heteroatoms. The zero-order valence-corrected chi connectivity index (χ0v) is 12.7. The lowest BCUT2D eigenvalue weighted by atomic mass is 10.1. The van der Waals surface area contributed by atoms with Gasteiger partial charge in [0.1, 0.15) is 0 Å². The number of hydrogen-bond acceptors (Lipinski definition) is 3. The molecule has 0 spiro atoms. The first-order valence-electron chi connectivity index (χ1n) is 6.62. The van der Waals surface area contributed by atoms with E-state index >= 15 is 0 Å². The molecular formula is C15H17ClN2OS. The Morgan fingerprint density at radius 3 is 3.00 bits per heavy atom. The predicted octanol–water partition coefficient (Wildman–Crippen LogP) is 3.48. The highest BCUT2D eigenvalue weighted by Crippen LogP contribution is 2.12. The number of benzene rings is 1. The first-order chi connectivity index (χ1) is 9.74. The Morgan fingerprint density at radius 2 is 2.25 bits per heavy atom. The summed E-state index contributed by atoms with van der Waals surface area (Å²) in [4.78, 5) is 15.9. The molecule has 0 aliphatic heterocycles. The number of thiazole rings is 1. The van der Waals surface area contributed by atoms with Gasteiger partial charge in [-0.25, -0.2) is 4.98 Å². The van der Waals surface area contributed by atoms with E-state index < -0.39 is 0 Å². The minimum absolute atomic E-state index is 0.0993. The van der Waals surface area contributed by atoms with Crippen LogP contribution in [0.1, 0.15) is 24.1 Å². The van der Waals surface area contributed by atoms with Crippen LogP contribution < -0.4 is 5.32 Å². The average Bonchev–Trinajstić information content (AvgIpc) is 2.92. The molecule has 2 aromatic rings. The van der Waals surface area contributed by atoms with E-state index in [1.54, 1.807) is 11.3 Å². The van der Waals surface area contributed by atoms with Crippen LogP contribution in [-0.4, -0.2) is 17.4 Å². The lowest BCUT2D eigenvalue weighted by molar-refractivity contribution is -0.121. The highest BCUT2D eigenvalue weighted by Gasteiger charge is 2.02. The summed E-state index contributed by atoms with van der Waals surface area (Å²) in [5.74, 6) is 0.0993. The van der Waals surface area contributed by atoms with E-state index in [-0.39, 0.29) is 5.91 Å². The molecule has 0 unspecified atom stereocenters. The zero-order valence-electron chi connectivity index (χ0n) is 11.1. The molecule has 0 radical (unpaired) electrons. The lowest BCUT2D eigenvalue weighted by Gasteiger charge is -2.04. The van der Waals surface area contributed by atoms with Crippen LogP contribution in [0.5, 0.6) is 0 Å². The average molecular weight is 309 g/mol. The van der Waals surface area contributed by atoms with Crippen LogP contribution in [0.2, 0.25) is 5.02 Å². The van der Waals surface area contributed by atoms with Gasteiger partial charge in [-0.1, -0.05) is 23.7 Å². The van der Waals surface area contributed by atoms with Crippen LogP contribution in [0.25, 0.3) is 0 Å². The Labute approximate surface area is 128 Å². The van der Waals surface area contributed by atoms with Crippen LogP contribution in [0.4, 0.5) is 0 Å². The fourth-order valence-corrected chi connectivity index (χ4v) is 2.73. The van der Waals surface area contributed by atoms with E-state index in [9.17, 15) is 4.79 Å². The normalized spacial score (nSPS) is 10.4. The van der Waals surface area contributed by atoms with Crippen LogP contribution in [0.15, 0.2) is 35.2 Å². The Morgan fingerprint density at radius 1 is 1.35 bits per heavy atom. The third kappa shape index (κ3) is 5.31. The van der Waals surface area contributed by atoms with Gasteiger partial charge in [0.2, 0.25) is 5.91 Å². The fourth-order valence-electron chi connectivity index (χ4n) is 1.92. The summed E-state index contributed by atoms with van der Waals surface area (Å²) >= 11 is 7.50. The molecule has 1 aromatic carbocycles. The smallest absolute Gasteiger partial charge is 0.220 e. The van der Waals surface area contributed by atoms with Gasteiger partial charge < -0.3 is 5.32 Å². The number of halogens is 1. The van der Waals surface area contributed by atoms with E-state index in [1.807, 2.05) is 35.2 Å². The van der Waals surface area contributed by atoms with Gasteiger partial charge in [-0.05, 0) is 30.5 Å². The van der Waals surface area contributed by atoms with Gasteiger partial charge in [0, 0.05) is 29.8 Å². The fraction of sp³-hybridized carbons (Fsp3) is 0.333. The van der Waals surface area contributed by atoms with Crippen molar-refractivity contribution in [1.82, 2.24) is 10.3 Å². The first kappa shape index (κ1) is 15.0. The third-order valence-electron chi connectivity index (χ3n) is 2.95. The summed E-state index contributed by atoms with van der Waals surface area (Å²) in [5.41, 5.74) is 4.02. The van der Waals surface area contributed by atoms with Gasteiger partial charge in [0.15, 0.2) is 0 Å². The van der Waals surface area contributed by atoms with Gasteiger partial charge in [-0.15, -0.1) is 11.3 Å². The molecular weight excluding hydrogens is 292 g/mol. The van der Waals surface area contributed by atoms with Crippen molar-refractivity contribution in [3.8, 4) is 0 Å². The molecule has 0 bridgehead atoms. The van der Waals surface area contributed by atoms with Gasteiger partial charge in [-0.2, -0.15) is 0 Å². The van der Waals surface area contributed by atoms with Crippen LogP contribution >= 0.6 is 22.9 Å². The summed E-state index contributed by atoms with van der Waals surface area (Å²) in [6.07, 6.45) is 3.05. The largest absolute Gasteiger partial charge is 0.356 e. The predicted molar refractivity (Wildman–Crippen MR) is 83.2 cm³/mol. The molecule has 20 heavy (non-hydrogen) atoms. The Hall–Kier alpha value is -1.39. The number of carbonyl (C=O) groups excluding carboxylic acids is 1. The van der Waals surface area contributed by atoms with Crippen LogP contribution in [0, 0.1) is 0 Å². The number of aromatic nitrogens is 1. The molecule has 1 aromatic heterocycles. The second-order valence-electron chi connectivity index (χ2n) is 4.56. The number of nitrogens with one attached hydrogen (secondary N) is 1. The maximum absolute atomic E-state index is 11.7. The van der Waals surface area contributed by atoms with Crippen molar-refractivity contribution < 1.29 is 4.79 Å². The Balaban J connectivity index is 1.60. The molecule has 1 heterocycles. The number of amides is 1. The van der Waals surface area contributed by atoms with E-state index in [0.717, 1.165) is 30.0 Å². The molecule has 106 valence electrons. The molecule has 0 saturated carbocycles. The highest BCUT2D eigenvalue weighted by molar-refractivity contribution is 7.07. The zero-order chi connectivity index (χ0) is 14.2. The molecule has 1 N–H and O–H groups in total. The van der Waals surface area contributed by atoms with E-state index in [0.29, 0.717) is 13.0 Å².